The van der Waals surface area contributed by atoms with Gasteiger partial charge in [0.2, 0.25) is 10.0 Å². The minimum Gasteiger partial charge on any atom is -0.497 e. The highest BCUT2D eigenvalue weighted by Crippen LogP contribution is 2.22. The molecule has 0 bridgehead atoms. The first-order valence-corrected chi connectivity index (χ1v) is 11.4. The van der Waals surface area contributed by atoms with Crippen molar-refractivity contribution >= 4 is 15.9 Å². The lowest BCUT2D eigenvalue weighted by Crippen LogP contribution is -2.35. The summed E-state index contributed by atoms with van der Waals surface area (Å²) in [6.45, 7) is 1.37. The zero-order valence-electron chi connectivity index (χ0n) is 17.3. The lowest BCUT2D eigenvalue weighted by atomic mass is 10.1. The number of nitrogens with zero attached hydrogens (tertiary/aromatic N) is 1. The number of methoxy groups -OCH3 is 2. The Kier molecular flexibility index (Phi) is 7.47. The van der Waals surface area contributed by atoms with Gasteiger partial charge in [0.1, 0.15) is 5.75 Å². The highest BCUT2D eigenvalue weighted by Gasteiger charge is 2.26. The summed E-state index contributed by atoms with van der Waals surface area (Å²) in [6, 6.07) is 13.5. The van der Waals surface area contributed by atoms with Crippen molar-refractivity contribution in [1.82, 2.24) is 9.62 Å². The van der Waals surface area contributed by atoms with E-state index in [2.05, 4.69) is 5.32 Å². The van der Waals surface area contributed by atoms with Crippen LogP contribution in [0.4, 0.5) is 0 Å². The second-order valence-corrected chi connectivity index (χ2v) is 9.14. The number of nitrogens with one attached hydrogen (secondary N) is 1. The van der Waals surface area contributed by atoms with Crippen molar-refractivity contribution < 1.29 is 22.7 Å². The van der Waals surface area contributed by atoms with Gasteiger partial charge in [0.15, 0.2) is 0 Å². The molecule has 1 saturated heterocycles. The number of piperidine rings is 1. The molecule has 1 heterocycles. The summed E-state index contributed by atoms with van der Waals surface area (Å²) in [5.41, 5.74) is 1.29. The van der Waals surface area contributed by atoms with Crippen molar-refractivity contribution in [2.45, 2.75) is 30.3 Å². The van der Waals surface area contributed by atoms with E-state index in [1.165, 1.54) is 16.4 Å². The molecule has 0 radical (unpaired) electrons. The van der Waals surface area contributed by atoms with E-state index in [0.717, 1.165) is 24.8 Å². The van der Waals surface area contributed by atoms with Gasteiger partial charge in [-0.15, -0.1) is 0 Å². The molecule has 0 aromatic heterocycles. The van der Waals surface area contributed by atoms with Crippen LogP contribution in [0, 0.1) is 0 Å². The van der Waals surface area contributed by atoms with Crippen molar-refractivity contribution in [1.29, 1.82) is 0 Å². The van der Waals surface area contributed by atoms with Crippen LogP contribution in [-0.2, 0) is 14.8 Å². The molecular weight excluding hydrogens is 404 g/mol. The number of hydrogen-bond donors (Lipinski definition) is 1. The maximum atomic E-state index is 12.7. The van der Waals surface area contributed by atoms with Gasteiger partial charge in [-0.05, 0) is 54.8 Å². The summed E-state index contributed by atoms with van der Waals surface area (Å²) in [5.74, 6) is 0.424. The number of amides is 1. The Hall–Kier alpha value is -2.42. The van der Waals surface area contributed by atoms with Gasteiger partial charge in [0, 0.05) is 32.3 Å². The van der Waals surface area contributed by atoms with Crippen molar-refractivity contribution in [3.63, 3.8) is 0 Å². The van der Waals surface area contributed by atoms with Gasteiger partial charge in [-0.2, -0.15) is 4.31 Å². The quantitative estimate of drug-likeness (QED) is 0.693. The molecular formula is C22H28N2O5S. The number of rotatable bonds is 8. The fraction of sp³-hybridized carbons (Fsp3) is 0.409. The summed E-state index contributed by atoms with van der Waals surface area (Å²) < 4.78 is 37.7. The number of benzene rings is 2. The molecule has 3 rings (SSSR count). The summed E-state index contributed by atoms with van der Waals surface area (Å²) in [4.78, 5) is 12.7. The van der Waals surface area contributed by atoms with Crippen LogP contribution < -0.4 is 10.1 Å². The Morgan fingerprint density at radius 1 is 1.07 bits per heavy atom. The average Bonchev–Trinajstić information content (AvgIpc) is 2.80. The molecule has 1 fully saturated rings. The van der Waals surface area contributed by atoms with Crippen LogP contribution >= 0.6 is 0 Å². The third kappa shape index (κ3) is 5.19. The topological polar surface area (TPSA) is 84.9 Å². The molecule has 0 saturated carbocycles. The zero-order valence-corrected chi connectivity index (χ0v) is 18.2. The molecule has 0 aliphatic carbocycles. The fourth-order valence-electron chi connectivity index (χ4n) is 3.50. The Morgan fingerprint density at radius 3 is 2.40 bits per heavy atom. The Morgan fingerprint density at radius 2 is 1.77 bits per heavy atom. The van der Waals surface area contributed by atoms with E-state index in [1.54, 1.807) is 26.4 Å². The van der Waals surface area contributed by atoms with Gasteiger partial charge in [0.25, 0.3) is 5.91 Å². The first kappa shape index (κ1) is 22.3. The molecule has 1 unspecified atom stereocenters. The molecule has 162 valence electrons. The predicted molar refractivity (Wildman–Crippen MR) is 114 cm³/mol. The standard InChI is InChI=1S/C22H28N2O5S/c1-28-19-8-6-7-18(15-19)21(29-2)16-23-22(25)17-9-11-20(12-10-17)30(26,27)24-13-4-3-5-14-24/h6-12,15,21H,3-5,13-14,16H2,1-2H3,(H,23,25). The first-order valence-electron chi connectivity index (χ1n) is 10.0. The van der Waals surface area contributed by atoms with E-state index >= 15 is 0 Å². The number of sulfonamides is 1. The average molecular weight is 433 g/mol. The molecule has 1 amide bonds. The Balaban J connectivity index is 1.64. The van der Waals surface area contributed by atoms with Crippen LogP contribution in [0.2, 0.25) is 0 Å². The molecule has 1 atom stereocenters. The third-order valence-corrected chi connectivity index (χ3v) is 7.18. The second kappa shape index (κ2) is 10.1. The molecule has 30 heavy (non-hydrogen) atoms. The molecule has 1 N–H and O–H groups in total. The Labute approximate surface area is 178 Å². The summed E-state index contributed by atoms with van der Waals surface area (Å²) in [7, 11) is -0.332. The Bertz CT molecular complexity index is 954. The van der Waals surface area contributed by atoms with E-state index in [-0.39, 0.29) is 23.5 Å². The number of hydrogen-bond acceptors (Lipinski definition) is 5. The SMILES string of the molecule is COc1cccc(C(CNC(=O)c2ccc(S(=O)(=O)N3CCCCC3)cc2)OC)c1. The molecule has 1 aliphatic heterocycles. The van der Waals surface area contributed by atoms with E-state index in [0.29, 0.717) is 24.4 Å². The lowest BCUT2D eigenvalue weighted by Gasteiger charge is -2.25. The summed E-state index contributed by atoms with van der Waals surface area (Å²) in [5, 5.41) is 2.84. The maximum Gasteiger partial charge on any atom is 0.251 e. The van der Waals surface area contributed by atoms with Crippen LogP contribution in [-0.4, -0.2) is 52.5 Å². The molecule has 7 nitrogen and oxygen atoms in total. The van der Waals surface area contributed by atoms with Crippen molar-refractivity contribution in [3.8, 4) is 5.75 Å². The zero-order chi connectivity index (χ0) is 21.6. The van der Waals surface area contributed by atoms with Gasteiger partial charge in [-0.1, -0.05) is 18.6 Å². The van der Waals surface area contributed by atoms with Crippen LogP contribution in [0.1, 0.15) is 41.3 Å². The van der Waals surface area contributed by atoms with Gasteiger partial charge in [0.05, 0.1) is 18.1 Å². The van der Waals surface area contributed by atoms with Crippen LogP contribution in [0.3, 0.4) is 0 Å². The van der Waals surface area contributed by atoms with Gasteiger partial charge in [-0.3, -0.25) is 4.79 Å². The maximum absolute atomic E-state index is 12.7. The van der Waals surface area contributed by atoms with Crippen molar-refractivity contribution in [3.05, 3.63) is 59.7 Å². The first-order chi connectivity index (χ1) is 14.5. The number of ether oxygens (including phenoxy) is 2. The minimum atomic E-state index is -3.51. The van der Waals surface area contributed by atoms with Crippen molar-refractivity contribution in [2.24, 2.45) is 0 Å². The van der Waals surface area contributed by atoms with Gasteiger partial charge in [-0.25, -0.2) is 8.42 Å². The fourth-order valence-corrected chi connectivity index (χ4v) is 5.02. The van der Waals surface area contributed by atoms with Crippen LogP contribution in [0.25, 0.3) is 0 Å². The molecule has 2 aromatic carbocycles. The lowest BCUT2D eigenvalue weighted by molar-refractivity contribution is 0.0827. The molecule has 2 aromatic rings. The monoisotopic (exact) mass is 432 g/mol. The number of carbonyl (C=O) groups excluding carboxylic acids is 1. The van der Waals surface area contributed by atoms with Crippen LogP contribution in [0.5, 0.6) is 5.75 Å². The van der Waals surface area contributed by atoms with Crippen LogP contribution in [0.15, 0.2) is 53.4 Å². The van der Waals surface area contributed by atoms with Gasteiger partial charge >= 0.3 is 0 Å². The normalized spacial score (nSPS) is 16.1. The van der Waals surface area contributed by atoms with E-state index in [1.807, 2.05) is 24.3 Å². The second-order valence-electron chi connectivity index (χ2n) is 7.20. The highest BCUT2D eigenvalue weighted by atomic mass is 32.2. The predicted octanol–water partition coefficient (Wildman–Crippen LogP) is 2.99. The summed E-state index contributed by atoms with van der Waals surface area (Å²) >= 11 is 0. The number of carbonyl (C=O) groups is 1. The molecule has 1 aliphatic rings. The highest BCUT2D eigenvalue weighted by molar-refractivity contribution is 7.89. The van der Waals surface area contributed by atoms with E-state index in [9.17, 15) is 13.2 Å². The molecule has 0 spiro atoms. The van der Waals surface area contributed by atoms with Crippen molar-refractivity contribution in [2.75, 3.05) is 33.9 Å². The summed E-state index contributed by atoms with van der Waals surface area (Å²) in [6.07, 6.45) is 2.49. The largest absolute Gasteiger partial charge is 0.497 e. The van der Waals surface area contributed by atoms with E-state index in [4.69, 9.17) is 9.47 Å². The van der Waals surface area contributed by atoms with E-state index < -0.39 is 10.0 Å². The smallest absolute Gasteiger partial charge is 0.251 e. The minimum absolute atomic E-state index is 0.215. The third-order valence-electron chi connectivity index (χ3n) is 5.27. The van der Waals surface area contributed by atoms with Gasteiger partial charge < -0.3 is 14.8 Å². The molecule has 8 heteroatoms.